The fourth-order valence-electron chi connectivity index (χ4n) is 5.38. The van der Waals surface area contributed by atoms with Crippen LogP contribution in [0, 0.1) is 29.2 Å². The van der Waals surface area contributed by atoms with Gasteiger partial charge in [-0.05, 0) is 54.7 Å². The Morgan fingerprint density at radius 2 is 1.43 bits per heavy atom. The van der Waals surface area contributed by atoms with Gasteiger partial charge in [0.05, 0.1) is 11.6 Å². The third-order valence-electron chi connectivity index (χ3n) is 7.42. The highest BCUT2D eigenvalue weighted by molar-refractivity contribution is 5.65. The van der Waals surface area contributed by atoms with Crippen molar-refractivity contribution in [2.75, 3.05) is 0 Å². The van der Waals surface area contributed by atoms with E-state index >= 15 is 0 Å². The van der Waals surface area contributed by atoms with Gasteiger partial charge in [-0.2, -0.15) is 22.0 Å². The minimum Gasteiger partial charge on any atom is -0.429 e. The summed E-state index contributed by atoms with van der Waals surface area (Å²) in [5, 5.41) is 0. The van der Waals surface area contributed by atoms with Crippen LogP contribution in [0.15, 0.2) is 54.6 Å². The van der Waals surface area contributed by atoms with Crippen molar-refractivity contribution in [1.82, 2.24) is 0 Å². The SMILES string of the molecule is CCCC1CCC(c2ccc(-c3ccc(C(F)(F)Oc4cc(F)c(C(F)=CC(F)(F)F)c(F)c4)c(F)c3F)cc2)CC1. The van der Waals surface area contributed by atoms with E-state index in [1.807, 2.05) is 0 Å². The van der Waals surface area contributed by atoms with Crippen molar-refractivity contribution in [2.45, 2.75) is 63.7 Å². The molecule has 1 saturated carbocycles. The van der Waals surface area contributed by atoms with Gasteiger partial charge < -0.3 is 4.74 Å². The van der Waals surface area contributed by atoms with E-state index < -0.39 is 64.3 Å². The first-order valence-corrected chi connectivity index (χ1v) is 13.3. The predicted octanol–water partition coefficient (Wildman–Crippen LogP) is 11.0. The first kappa shape index (κ1) is 31.4. The zero-order chi connectivity index (χ0) is 30.8. The number of hydrogen-bond acceptors (Lipinski definition) is 1. The van der Waals surface area contributed by atoms with Crippen LogP contribution in [0.25, 0.3) is 17.0 Å². The molecule has 0 spiro atoms. The second-order valence-electron chi connectivity index (χ2n) is 10.3. The Morgan fingerprint density at radius 1 is 0.833 bits per heavy atom. The van der Waals surface area contributed by atoms with Crippen molar-refractivity contribution >= 4 is 5.83 Å². The van der Waals surface area contributed by atoms with Crippen LogP contribution in [0.2, 0.25) is 0 Å². The molecular weight excluding hydrogens is 578 g/mol. The molecule has 4 rings (SSSR count). The molecule has 0 N–H and O–H groups in total. The van der Waals surface area contributed by atoms with Gasteiger partial charge in [0.15, 0.2) is 11.6 Å². The molecule has 1 fully saturated rings. The number of allylic oxidation sites excluding steroid dienone is 1. The van der Waals surface area contributed by atoms with Crippen molar-refractivity contribution in [1.29, 1.82) is 0 Å². The fourth-order valence-corrected chi connectivity index (χ4v) is 5.38. The zero-order valence-electron chi connectivity index (χ0n) is 22.3. The summed E-state index contributed by atoms with van der Waals surface area (Å²) in [6.07, 6.45) is -4.34. The molecule has 1 aliphatic carbocycles. The molecule has 0 aliphatic heterocycles. The Balaban J connectivity index is 1.53. The lowest BCUT2D eigenvalue weighted by molar-refractivity contribution is -0.187. The molecule has 1 nitrogen and oxygen atoms in total. The average molecular weight is 605 g/mol. The number of hydrogen-bond donors (Lipinski definition) is 0. The summed E-state index contributed by atoms with van der Waals surface area (Å²) in [7, 11) is 0. The minimum absolute atomic E-state index is 0.00340. The Bertz CT molecular complexity index is 1410. The van der Waals surface area contributed by atoms with Crippen molar-refractivity contribution in [3.63, 3.8) is 0 Å². The third kappa shape index (κ3) is 7.10. The predicted molar refractivity (Wildman–Crippen MR) is 137 cm³/mol. The van der Waals surface area contributed by atoms with Gasteiger partial charge in [0.1, 0.15) is 28.8 Å². The van der Waals surface area contributed by atoms with Gasteiger partial charge >= 0.3 is 12.3 Å². The Labute approximate surface area is 235 Å². The Kier molecular flexibility index (Phi) is 9.27. The average Bonchev–Trinajstić information content (AvgIpc) is 2.89. The second-order valence-corrected chi connectivity index (χ2v) is 10.3. The van der Waals surface area contributed by atoms with E-state index in [1.54, 1.807) is 24.3 Å². The Morgan fingerprint density at radius 3 is 1.98 bits per heavy atom. The van der Waals surface area contributed by atoms with Crippen LogP contribution in [0.1, 0.15) is 68.1 Å². The van der Waals surface area contributed by atoms with Crippen LogP contribution >= 0.6 is 0 Å². The number of rotatable bonds is 8. The molecule has 0 saturated heterocycles. The third-order valence-corrected chi connectivity index (χ3v) is 7.42. The van der Waals surface area contributed by atoms with E-state index in [0.717, 1.165) is 43.7 Å². The fraction of sp³-hybridized carbons (Fsp3) is 0.355. The normalized spacial score (nSPS) is 18.3. The smallest absolute Gasteiger partial charge is 0.429 e. The van der Waals surface area contributed by atoms with Crippen LogP contribution in [0.3, 0.4) is 0 Å². The molecule has 0 heterocycles. The molecule has 226 valence electrons. The van der Waals surface area contributed by atoms with Crippen molar-refractivity contribution < 1.29 is 48.6 Å². The lowest BCUT2D eigenvalue weighted by Gasteiger charge is -2.28. The molecule has 0 atom stereocenters. The molecule has 42 heavy (non-hydrogen) atoms. The van der Waals surface area contributed by atoms with Crippen molar-refractivity contribution in [3.8, 4) is 16.9 Å². The molecule has 3 aromatic rings. The second kappa shape index (κ2) is 12.4. The molecule has 3 aromatic carbocycles. The monoisotopic (exact) mass is 604 g/mol. The minimum atomic E-state index is -5.26. The number of halogens is 10. The maximum Gasteiger partial charge on any atom is 0.429 e. The summed E-state index contributed by atoms with van der Waals surface area (Å²) < 4.78 is 143. The van der Waals surface area contributed by atoms with Crippen LogP contribution in [0.4, 0.5) is 43.9 Å². The molecule has 0 aromatic heterocycles. The van der Waals surface area contributed by atoms with Gasteiger partial charge in [-0.3, -0.25) is 0 Å². The largest absolute Gasteiger partial charge is 0.429 e. The maximum absolute atomic E-state index is 15.0. The highest BCUT2D eigenvalue weighted by Gasteiger charge is 2.40. The van der Waals surface area contributed by atoms with Gasteiger partial charge in [-0.1, -0.05) is 50.1 Å². The van der Waals surface area contributed by atoms with Gasteiger partial charge in [0.25, 0.3) is 0 Å². The van der Waals surface area contributed by atoms with Gasteiger partial charge in [-0.25, -0.2) is 22.0 Å². The topological polar surface area (TPSA) is 9.23 Å². The Hall–Kier alpha value is -3.50. The van der Waals surface area contributed by atoms with Crippen LogP contribution in [-0.2, 0) is 6.11 Å². The number of alkyl halides is 5. The summed E-state index contributed by atoms with van der Waals surface area (Å²) in [5.74, 6) is -10.2. The summed E-state index contributed by atoms with van der Waals surface area (Å²) >= 11 is 0. The van der Waals surface area contributed by atoms with Crippen LogP contribution in [-0.4, -0.2) is 6.18 Å². The van der Waals surface area contributed by atoms with E-state index in [0.29, 0.717) is 17.9 Å². The van der Waals surface area contributed by atoms with E-state index in [-0.39, 0.29) is 23.3 Å². The molecule has 0 bridgehead atoms. The van der Waals surface area contributed by atoms with Gasteiger partial charge in [0, 0.05) is 17.7 Å². The maximum atomic E-state index is 15.0. The zero-order valence-corrected chi connectivity index (χ0v) is 22.3. The molecule has 0 amide bonds. The molecule has 11 heteroatoms. The quantitative estimate of drug-likeness (QED) is 0.233. The lowest BCUT2D eigenvalue weighted by atomic mass is 9.77. The molecular formula is C31H26F10O. The lowest BCUT2D eigenvalue weighted by Crippen LogP contribution is -2.24. The summed E-state index contributed by atoms with van der Waals surface area (Å²) in [6.45, 7) is 2.16. The summed E-state index contributed by atoms with van der Waals surface area (Å²) in [6, 6.07) is 8.16. The highest BCUT2D eigenvalue weighted by Crippen LogP contribution is 2.40. The van der Waals surface area contributed by atoms with E-state index in [1.165, 1.54) is 6.42 Å². The van der Waals surface area contributed by atoms with E-state index in [2.05, 4.69) is 11.7 Å². The number of ether oxygens (including phenoxy) is 1. The highest BCUT2D eigenvalue weighted by atomic mass is 19.4. The van der Waals surface area contributed by atoms with Crippen LogP contribution < -0.4 is 4.74 Å². The summed E-state index contributed by atoms with van der Waals surface area (Å²) in [4.78, 5) is 0. The van der Waals surface area contributed by atoms with Gasteiger partial charge in [-0.15, -0.1) is 0 Å². The van der Waals surface area contributed by atoms with Crippen molar-refractivity contribution in [3.05, 3.63) is 94.6 Å². The first-order valence-electron chi connectivity index (χ1n) is 13.3. The summed E-state index contributed by atoms with van der Waals surface area (Å²) in [5.41, 5.74) is -2.39. The molecule has 0 unspecified atom stereocenters. The van der Waals surface area contributed by atoms with Gasteiger partial charge in [0.2, 0.25) is 0 Å². The van der Waals surface area contributed by atoms with Crippen LogP contribution in [0.5, 0.6) is 5.75 Å². The number of benzene rings is 3. The molecule has 1 aliphatic rings. The molecule has 0 radical (unpaired) electrons. The standard InChI is InChI=1S/C31H26F10O/c1-2-3-17-4-6-18(7-5-17)19-8-10-20(11-9-19)22-12-13-23(29(36)28(22)35)31(40,41)42-21-14-24(32)27(25(33)15-21)26(34)16-30(37,38)39/h8-18H,2-7H2,1H3. The van der Waals surface area contributed by atoms with E-state index in [9.17, 15) is 43.9 Å². The van der Waals surface area contributed by atoms with E-state index in [4.69, 9.17) is 0 Å². The first-order chi connectivity index (χ1) is 19.7. The van der Waals surface area contributed by atoms with Crippen molar-refractivity contribution in [2.24, 2.45) is 5.92 Å².